The van der Waals surface area contributed by atoms with Gasteiger partial charge in [-0.3, -0.25) is 4.40 Å². The Morgan fingerprint density at radius 3 is 2.89 bits per heavy atom. The maximum atomic E-state index is 13.4. The first kappa shape index (κ1) is 16.9. The van der Waals surface area contributed by atoms with Gasteiger partial charge in [-0.1, -0.05) is 0 Å². The maximum Gasteiger partial charge on any atom is 0.306 e. The number of rotatable bonds is 5. The van der Waals surface area contributed by atoms with E-state index in [1.54, 1.807) is 30.8 Å². The molecule has 0 aliphatic carbocycles. The molecule has 1 saturated heterocycles. The van der Waals surface area contributed by atoms with Crippen LogP contribution < -0.4 is 5.32 Å². The van der Waals surface area contributed by atoms with E-state index < -0.39 is 0 Å². The molecule has 0 unspecified atom stereocenters. The van der Waals surface area contributed by atoms with E-state index in [1.165, 1.54) is 12.1 Å². The third-order valence-corrected chi connectivity index (χ3v) is 4.79. The molecule has 8 heteroatoms. The number of fused-ring (bicyclic) bond motifs is 1. The van der Waals surface area contributed by atoms with Crippen molar-refractivity contribution in [2.24, 2.45) is 0 Å². The molecule has 5 rings (SSSR count). The van der Waals surface area contributed by atoms with Crippen LogP contribution in [0, 0.1) is 5.82 Å². The normalized spacial score (nSPS) is 16.7. The van der Waals surface area contributed by atoms with Crippen molar-refractivity contribution in [2.45, 2.75) is 18.9 Å². The lowest BCUT2D eigenvalue weighted by molar-refractivity contribution is 0.120. The first-order valence-electron chi connectivity index (χ1n) is 9.18. The van der Waals surface area contributed by atoms with Crippen molar-refractivity contribution in [3.63, 3.8) is 0 Å². The highest BCUT2D eigenvalue weighted by atomic mass is 19.1. The summed E-state index contributed by atoms with van der Waals surface area (Å²) in [7, 11) is 0. The van der Waals surface area contributed by atoms with Crippen LogP contribution in [-0.4, -0.2) is 38.6 Å². The standard InChI is InChI=1S/C20H18FN5O2/c21-14-5-3-13(4-6-14)17-18(26-9-11-28-20(26)25-17)16-7-8-22-19(24-16)23-12-15-2-1-10-27-15/h3-9,11,15H,1-2,10,12H2,(H,22,23,24)/t15-/m1/s1. The highest BCUT2D eigenvalue weighted by Gasteiger charge is 2.20. The summed E-state index contributed by atoms with van der Waals surface area (Å²) in [5.74, 6) is 0.675. The van der Waals surface area contributed by atoms with Crippen LogP contribution in [0.25, 0.3) is 28.5 Å². The van der Waals surface area contributed by atoms with E-state index in [1.807, 2.05) is 10.5 Å². The van der Waals surface area contributed by atoms with E-state index in [9.17, 15) is 4.39 Å². The van der Waals surface area contributed by atoms with Gasteiger partial charge in [-0.05, 0) is 43.2 Å². The Bertz CT molecular complexity index is 1100. The SMILES string of the molecule is Fc1ccc(-c2nc3occn3c2-c2ccnc(NC[C@H]3CCCO3)n2)cc1. The second kappa shape index (κ2) is 7.05. The zero-order valence-electron chi connectivity index (χ0n) is 15.0. The minimum atomic E-state index is -0.296. The summed E-state index contributed by atoms with van der Waals surface area (Å²) in [6.45, 7) is 1.48. The zero-order chi connectivity index (χ0) is 18.9. The fourth-order valence-electron chi connectivity index (χ4n) is 3.43. The summed E-state index contributed by atoms with van der Waals surface area (Å²) in [5, 5.41) is 3.25. The highest BCUT2D eigenvalue weighted by Crippen LogP contribution is 2.32. The van der Waals surface area contributed by atoms with Gasteiger partial charge in [0.05, 0.1) is 11.8 Å². The molecule has 4 aromatic rings. The van der Waals surface area contributed by atoms with Crippen LogP contribution in [0.5, 0.6) is 0 Å². The van der Waals surface area contributed by atoms with Crippen LogP contribution in [-0.2, 0) is 4.74 Å². The van der Waals surface area contributed by atoms with Crippen LogP contribution in [0.4, 0.5) is 10.3 Å². The van der Waals surface area contributed by atoms with E-state index in [2.05, 4.69) is 20.3 Å². The summed E-state index contributed by atoms with van der Waals surface area (Å²) in [4.78, 5) is 13.5. The molecule has 0 amide bonds. The molecule has 0 bridgehead atoms. The van der Waals surface area contributed by atoms with E-state index in [-0.39, 0.29) is 11.9 Å². The van der Waals surface area contributed by atoms with Crippen LogP contribution in [0.3, 0.4) is 0 Å². The second-order valence-corrected chi connectivity index (χ2v) is 6.65. The van der Waals surface area contributed by atoms with Gasteiger partial charge in [-0.15, -0.1) is 0 Å². The zero-order valence-corrected chi connectivity index (χ0v) is 15.0. The number of nitrogens with one attached hydrogen (secondary N) is 1. The lowest BCUT2D eigenvalue weighted by atomic mass is 10.1. The third kappa shape index (κ3) is 3.11. The Labute approximate surface area is 160 Å². The van der Waals surface area contributed by atoms with E-state index in [0.717, 1.165) is 30.7 Å². The molecule has 0 saturated carbocycles. The van der Waals surface area contributed by atoms with Gasteiger partial charge in [0.1, 0.15) is 23.5 Å². The lowest BCUT2D eigenvalue weighted by Gasteiger charge is -2.11. The highest BCUT2D eigenvalue weighted by molar-refractivity contribution is 5.79. The van der Waals surface area contributed by atoms with Gasteiger partial charge in [0.2, 0.25) is 5.95 Å². The van der Waals surface area contributed by atoms with Crippen molar-refractivity contribution in [2.75, 3.05) is 18.5 Å². The molecule has 4 heterocycles. The number of imidazole rings is 1. The molecule has 1 N–H and O–H groups in total. The Morgan fingerprint density at radius 1 is 1.18 bits per heavy atom. The van der Waals surface area contributed by atoms with Crippen LogP contribution >= 0.6 is 0 Å². The summed E-state index contributed by atoms with van der Waals surface area (Å²) >= 11 is 0. The van der Waals surface area contributed by atoms with Gasteiger partial charge >= 0.3 is 5.84 Å². The number of ether oxygens (including phenoxy) is 1. The minimum absolute atomic E-state index is 0.192. The molecule has 3 aromatic heterocycles. The average molecular weight is 379 g/mol. The molecule has 1 aromatic carbocycles. The summed E-state index contributed by atoms with van der Waals surface area (Å²) < 4.78 is 26.3. The van der Waals surface area contributed by atoms with Gasteiger partial charge in [0.15, 0.2) is 0 Å². The molecule has 0 spiro atoms. The average Bonchev–Trinajstić information content (AvgIpc) is 3.44. The number of halogens is 1. The Balaban J connectivity index is 1.53. The van der Waals surface area contributed by atoms with Crippen LogP contribution in [0.2, 0.25) is 0 Å². The number of benzene rings is 1. The largest absolute Gasteiger partial charge is 0.432 e. The van der Waals surface area contributed by atoms with Crippen molar-refractivity contribution >= 4 is 11.8 Å². The van der Waals surface area contributed by atoms with E-state index >= 15 is 0 Å². The topological polar surface area (TPSA) is 77.5 Å². The molecule has 1 fully saturated rings. The predicted molar refractivity (Wildman–Crippen MR) is 101 cm³/mol. The number of anilines is 1. The molecule has 7 nitrogen and oxygen atoms in total. The van der Waals surface area contributed by atoms with E-state index in [0.29, 0.717) is 29.7 Å². The van der Waals surface area contributed by atoms with Gasteiger partial charge < -0.3 is 14.5 Å². The number of hydrogen-bond donors (Lipinski definition) is 1. The smallest absolute Gasteiger partial charge is 0.306 e. The summed E-state index contributed by atoms with van der Waals surface area (Å²) in [6, 6.07) is 8.03. The summed E-state index contributed by atoms with van der Waals surface area (Å²) in [6.07, 6.45) is 7.37. The number of hydrogen-bond acceptors (Lipinski definition) is 6. The first-order valence-corrected chi connectivity index (χ1v) is 9.18. The molecule has 28 heavy (non-hydrogen) atoms. The number of nitrogens with zero attached hydrogens (tertiary/aromatic N) is 4. The Kier molecular flexibility index (Phi) is 4.25. The second-order valence-electron chi connectivity index (χ2n) is 6.65. The fraction of sp³-hybridized carbons (Fsp3) is 0.250. The van der Waals surface area contributed by atoms with Crippen molar-refractivity contribution in [1.82, 2.24) is 19.4 Å². The monoisotopic (exact) mass is 379 g/mol. The van der Waals surface area contributed by atoms with Gasteiger partial charge in [0.25, 0.3) is 0 Å². The lowest BCUT2D eigenvalue weighted by Crippen LogP contribution is -2.19. The fourth-order valence-corrected chi connectivity index (χ4v) is 3.43. The van der Waals surface area contributed by atoms with Crippen LogP contribution in [0.15, 0.2) is 53.4 Å². The van der Waals surface area contributed by atoms with Gasteiger partial charge in [-0.2, -0.15) is 4.98 Å². The predicted octanol–water partition coefficient (Wildman–Crippen LogP) is 3.78. The van der Waals surface area contributed by atoms with Crippen molar-refractivity contribution < 1.29 is 13.5 Å². The van der Waals surface area contributed by atoms with Gasteiger partial charge in [-0.25, -0.2) is 14.4 Å². The molecular formula is C20H18FN5O2. The van der Waals surface area contributed by atoms with Crippen molar-refractivity contribution in [1.29, 1.82) is 0 Å². The summed E-state index contributed by atoms with van der Waals surface area (Å²) in [5.41, 5.74) is 2.90. The third-order valence-electron chi connectivity index (χ3n) is 4.79. The molecule has 142 valence electrons. The van der Waals surface area contributed by atoms with Gasteiger partial charge in [0, 0.05) is 31.1 Å². The molecule has 0 radical (unpaired) electrons. The molecular weight excluding hydrogens is 361 g/mol. The first-order chi connectivity index (χ1) is 13.8. The molecule has 1 atom stereocenters. The van der Waals surface area contributed by atoms with E-state index in [4.69, 9.17) is 9.15 Å². The van der Waals surface area contributed by atoms with Crippen molar-refractivity contribution in [3.8, 4) is 22.6 Å². The Morgan fingerprint density at radius 2 is 2.07 bits per heavy atom. The van der Waals surface area contributed by atoms with Crippen molar-refractivity contribution in [3.05, 3.63) is 54.8 Å². The molecule has 1 aliphatic rings. The quantitative estimate of drug-likeness (QED) is 0.569. The Hall–Kier alpha value is -3.26. The maximum absolute atomic E-state index is 13.4. The number of aromatic nitrogens is 4. The number of oxazole rings is 1. The van der Waals surface area contributed by atoms with Crippen LogP contribution in [0.1, 0.15) is 12.8 Å². The molecule has 1 aliphatic heterocycles. The minimum Gasteiger partial charge on any atom is -0.432 e.